The average Bonchev–Trinajstić information content (AvgIpc) is 2.87. The van der Waals surface area contributed by atoms with Crippen molar-refractivity contribution in [2.75, 3.05) is 6.61 Å². The van der Waals surface area contributed by atoms with Crippen LogP contribution < -0.4 is 4.74 Å². The summed E-state index contributed by atoms with van der Waals surface area (Å²) in [6.45, 7) is 7.41. The van der Waals surface area contributed by atoms with E-state index in [4.69, 9.17) is 4.74 Å². The first-order valence-corrected chi connectivity index (χ1v) is 9.42. The predicted octanol–water partition coefficient (Wildman–Crippen LogP) is 4.75. The molecular formula is C21H27F3O4. The molecule has 1 aromatic rings. The Kier molecular flexibility index (Phi) is 8.39. The number of rotatable bonds is 6. The molecule has 1 saturated carbocycles. The fourth-order valence-corrected chi connectivity index (χ4v) is 3.47. The van der Waals surface area contributed by atoms with Crippen molar-refractivity contribution in [3.05, 3.63) is 28.8 Å². The smallest absolute Gasteiger partial charge is 0.422 e. The zero-order valence-corrected chi connectivity index (χ0v) is 16.9. The van der Waals surface area contributed by atoms with Crippen LogP contribution in [0.25, 0.3) is 0 Å². The average molecular weight is 400 g/mol. The third-order valence-electron chi connectivity index (χ3n) is 4.51. The number of aryl methyl sites for hydroxylation is 2. The van der Waals surface area contributed by atoms with Gasteiger partial charge in [-0.2, -0.15) is 13.2 Å². The SMILES string of the molecule is CC.CCc1cc(OCC(F)(F)F)cc(C)c1C1C(=O)CC(CC(C)=O)C1=O. The molecule has 1 fully saturated rings. The van der Waals surface area contributed by atoms with Crippen LogP contribution in [0.2, 0.25) is 0 Å². The number of hydrogen-bond donors (Lipinski definition) is 0. The lowest BCUT2D eigenvalue weighted by Crippen LogP contribution is -2.21. The van der Waals surface area contributed by atoms with E-state index in [9.17, 15) is 27.6 Å². The van der Waals surface area contributed by atoms with E-state index in [1.807, 2.05) is 13.8 Å². The summed E-state index contributed by atoms with van der Waals surface area (Å²) in [5.41, 5.74) is 1.68. The molecule has 0 N–H and O–H groups in total. The van der Waals surface area contributed by atoms with E-state index >= 15 is 0 Å². The monoisotopic (exact) mass is 400 g/mol. The molecule has 0 amide bonds. The summed E-state index contributed by atoms with van der Waals surface area (Å²) in [5.74, 6) is -2.20. The van der Waals surface area contributed by atoms with E-state index in [1.165, 1.54) is 19.1 Å². The molecule has 1 aliphatic carbocycles. The fourth-order valence-electron chi connectivity index (χ4n) is 3.47. The normalized spacial score (nSPS) is 19.3. The van der Waals surface area contributed by atoms with Crippen LogP contribution in [0.5, 0.6) is 5.75 Å². The molecule has 7 heteroatoms. The van der Waals surface area contributed by atoms with Crippen LogP contribution in [-0.4, -0.2) is 30.1 Å². The number of ketones is 3. The van der Waals surface area contributed by atoms with Crippen molar-refractivity contribution in [3.8, 4) is 5.75 Å². The van der Waals surface area contributed by atoms with Crippen molar-refractivity contribution in [1.82, 2.24) is 0 Å². The largest absolute Gasteiger partial charge is 0.484 e. The van der Waals surface area contributed by atoms with Crippen molar-refractivity contribution >= 4 is 17.3 Å². The Morgan fingerprint density at radius 1 is 1.21 bits per heavy atom. The molecule has 0 bridgehead atoms. The molecule has 0 saturated heterocycles. The minimum absolute atomic E-state index is 0.0258. The zero-order valence-electron chi connectivity index (χ0n) is 16.9. The molecule has 0 aromatic heterocycles. The van der Waals surface area contributed by atoms with Gasteiger partial charge in [-0.05, 0) is 49.1 Å². The van der Waals surface area contributed by atoms with Crippen molar-refractivity contribution < 1.29 is 32.3 Å². The summed E-state index contributed by atoms with van der Waals surface area (Å²) in [7, 11) is 0. The van der Waals surface area contributed by atoms with Gasteiger partial charge < -0.3 is 9.53 Å². The third-order valence-corrected chi connectivity index (χ3v) is 4.51. The fraction of sp³-hybridized carbons (Fsp3) is 0.571. The minimum atomic E-state index is -4.45. The lowest BCUT2D eigenvalue weighted by molar-refractivity contribution is -0.153. The number of carbonyl (C=O) groups is 3. The summed E-state index contributed by atoms with van der Waals surface area (Å²) in [5, 5.41) is 0. The van der Waals surface area contributed by atoms with Crippen LogP contribution in [0.3, 0.4) is 0 Å². The van der Waals surface area contributed by atoms with Gasteiger partial charge in [0.25, 0.3) is 0 Å². The van der Waals surface area contributed by atoms with Crippen LogP contribution in [0, 0.1) is 12.8 Å². The van der Waals surface area contributed by atoms with E-state index in [2.05, 4.69) is 0 Å². The van der Waals surface area contributed by atoms with Gasteiger partial charge in [0.2, 0.25) is 0 Å². The molecule has 0 heterocycles. The van der Waals surface area contributed by atoms with E-state index in [0.29, 0.717) is 23.1 Å². The highest BCUT2D eigenvalue weighted by Crippen LogP contribution is 2.39. The highest BCUT2D eigenvalue weighted by molar-refractivity contribution is 6.15. The van der Waals surface area contributed by atoms with E-state index in [0.717, 1.165) is 0 Å². The van der Waals surface area contributed by atoms with Crippen molar-refractivity contribution in [1.29, 1.82) is 0 Å². The number of alkyl halides is 3. The highest BCUT2D eigenvalue weighted by atomic mass is 19.4. The quantitative estimate of drug-likeness (QED) is 0.647. The van der Waals surface area contributed by atoms with Gasteiger partial charge in [-0.3, -0.25) is 9.59 Å². The molecule has 156 valence electrons. The molecule has 4 nitrogen and oxygen atoms in total. The second kappa shape index (κ2) is 9.85. The molecule has 1 aromatic carbocycles. The second-order valence-electron chi connectivity index (χ2n) is 6.68. The highest BCUT2D eigenvalue weighted by Gasteiger charge is 2.43. The Hall–Kier alpha value is -2.18. The summed E-state index contributed by atoms with van der Waals surface area (Å²) in [6.07, 6.45) is -3.95. The van der Waals surface area contributed by atoms with Crippen LogP contribution in [0.1, 0.15) is 63.1 Å². The standard InChI is InChI=1S/C19H21F3O4.C2H6/c1-4-12-7-14(26-9-19(20,21)22)5-10(2)16(12)17-15(24)8-13(18(17)25)6-11(3)23;1-2/h5,7,13,17H,4,6,8-9H2,1-3H3;1-2H3. The molecule has 2 atom stereocenters. The number of ether oxygens (including phenoxy) is 1. The summed E-state index contributed by atoms with van der Waals surface area (Å²) < 4.78 is 41.9. The lowest BCUT2D eigenvalue weighted by Gasteiger charge is -2.19. The maximum absolute atomic E-state index is 12.7. The number of benzene rings is 1. The molecule has 0 radical (unpaired) electrons. The molecule has 28 heavy (non-hydrogen) atoms. The van der Waals surface area contributed by atoms with Crippen LogP contribution in [0.15, 0.2) is 12.1 Å². The van der Waals surface area contributed by atoms with Gasteiger partial charge in [0, 0.05) is 18.8 Å². The van der Waals surface area contributed by atoms with Gasteiger partial charge in [-0.25, -0.2) is 0 Å². The Labute approximate surface area is 163 Å². The maximum Gasteiger partial charge on any atom is 0.422 e. The summed E-state index contributed by atoms with van der Waals surface area (Å²) >= 11 is 0. The van der Waals surface area contributed by atoms with Gasteiger partial charge >= 0.3 is 6.18 Å². The number of carbonyl (C=O) groups excluding carboxylic acids is 3. The van der Waals surface area contributed by atoms with Crippen LogP contribution in [0.4, 0.5) is 13.2 Å². The van der Waals surface area contributed by atoms with Gasteiger partial charge in [0.05, 0.1) is 0 Å². The van der Waals surface area contributed by atoms with Crippen LogP contribution in [-0.2, 0) is 20.8 Å². The third kappa shape index (κ3) is 5.91. The molecule has 1 aliphatic rings. The van der Waals surface area contributed by atoms with Crippen LogP contribution >= 0.6 is 0 Å². The first kappa shape index (κ1) is 23.9. The second-order valence-corrected chi connectivity index (χ2v) is 6.68. The molecule has 2 unspecified atom stereocenters. The zero-order chi connectivity index (χ0) is 21.6. The van der Waals surface area contributed by atoms with Crippen molar-refractivity contribution in [2.45, 2.75) is 66.0 Å². The van der Waals surface area contributed by atoms with Gasteiger partial charge in [-0.1, -0.05) is 20.8 Å². The summed E-state index contributed by atoms with van der Waals surface area (Å²) in [6, 6.07) is 2.87. The van der Waals surface area contributed by atoms with E-state index in [-0.39, 0.29) is 35.9 Å². The van der Waals surface area contributed by atoms with E-state index < -0.39 is 24.6 Å². The Morgan fingerprint density at radius 3 is 2.32 bits per heavy atom. The van der Waals surface area contributed by atoms with Gasteiger partial charge in [0.1, 0.15) is 23.2 Å². The molecule has 0 aliphatic heterocycles. The summed E-state index contributed by atoms with van der Waals surface area (Å²) in [4.78, 5) is 36.4. The van der Waals surface area contributed by atoms with Crippen molar-refractivity contribution in [3.63, 3.8) is 0 Å². The minimum Gasteiger partial charge on any atom is -0.484 e. The molecular weight excluding hydrogens is 373 g/mol. The number of halogens is 3. The Bertz CT molecular complexity index is 738. The topological polar surface area (TPSA) is 60.4 Å². The predicted molar refractivity (Wildman–Crippen MR) is 99.6 cm³/mol. The number of hydrogen-bond acceptors (Lipinski definition) is 4. The Morgan fingerprint density at radius 2 is 1.82 bits per heavy atom. The van der Waals surface area contributed by atoms with E-state index in [1.54, 1.807) is 13.8 Å². The van der Waals surface area contributed by atoms with Gasteiger partial charge in [-0.15, -0.1) is 0 Å². The number of Topliss-reactive ketones (excluding diaryl/α,β-unsaturated/α-hetero) is 3. The first-order chi connectivity index (χ1) is 13.0. The lowest BCUT2D eigenvalue weighted by atomic mass is 9.85. The Balaban J connectivity index is 0.00000190. The molecule has 0 spiro atoms. The first-order valence-electron chi connectivity index (χ1n) is 9.42. The van der Waals surface area contributed by atoms with Gasteiger partial charge in [0.15, 0.2) is 12.4 Å². The van der Waals surface area contributed by atoms with Crippen molar-refractivity contribution in [2.24, 2.45) is 5.92 Å². The maximum atomic E-state index is 12.7. The molecule has 2 rings (SSSR count).